The van der Waals surface area contributed by atoms with E-state index in [2.05, 4.69) is 52.4 Å². The van der Waals surface area contributed by atoms with E-state index in [1.54, 1.807) is 0 Å². The van der Waals surface area contributed by atoms with Gasteiger partial charge in [-0.2, -0.15) is 0 Å². The average molecular weight is 419 g/mol. The fourth-order valence-corrected chi connectivity index (χ4v) is 4.13. The van der Waals surface area contributed by atoms with Gasteiger partial charge in [0.1, 0.15) is 12.4 Å². The van der Waals surface area contributed by atoms with E-state index < -0.39 is 0 Å². The van der Waals surface area contributed by atoms with Gasteiger partial charge in [0.15, 0.2) is 5.96 Å². The molecule has 30 heavy (non-hydrogen) atoms. The van der Waals surface area contributed by atoms with Gasteiger partial charge in [-0.05, 0) is 44.0 Å². The molecule has 2 saturated heterocycles. The van der Waals surface area contributed by atoms with Gasteiger partial charge in [-0.3, -0.25) is 9.89 Å². The van der Waals surface area contributed by atoms with Crippen molar-refractivity contribution in [2.45, 2.75) is 31.8 Å². The first-order valence-electron chi connectivity index (χ1n) is 11.1. The lowest BCUT2D eigenvalue weighted by Gasteiger charge is -2.31. The topological polar surface area (TPSA) is 58.6 Å². The van der Waals surface area contributed by atoms with Crippen molar-refractivity contribution in [3.05, 3.63) is 29.8 Å². The summed E-state index contributed by atoms with van der Waals surface area (Å²) in [5.74, 6) is 2.41. The zero-order chi connectivity index (χ0) is 21.2. The smallest absolute Gasteiger partial charge is 0.193 e. The van der Waals surface area contributed by atoms with Crippen LogP contribution < -0.4 is 10.1 Å². The fourth-order valence-electron chi connectivity index (χ4n) is 4.13. The maximum absolute atomic E-state index is 6.02. The number of aliphatic imine (C=N–C) groups is 1. The molecule has 2 aliphatic rings. The SMILES string of the molecule is CN=C(NCc1cccc(OCCN(C)C2CCOCC2)c1)N(C)CC1CCOC1. The van der Waals surface area contributed by atoms with Crippen molar-refractivity contribution in [1.82, 2.24) is 15.1 Å². The number of rotatable bonds is 9. The maximum Gasteiger partial charge on any atom is 0.193 e. The summed E-state index contributed by atoms with van der Waals surface area (Å²) in [6, 6.07) is 8.92. The summed E-state index contributed by atoms with van der Waals surface area (Å²) < 4.78 is 17.0. The van der Waals surface area contributed by atoms with Crippen molar-refractivity contribution in [3.63, 3.8) is 0 Å². The van der Waals surface area contributed by atoms with E-state index in [1.807, 2.05) is 13.1 Å². The first-order valence-corrected chi connectivity index (χ1v) is 11.1. The van der Waals surface area contributed by atoms with Gasteiger partial charge in [0.25, 0.3) is 0 Å². The molecule has 2 heterocycles. The Morgan fingerprint density at radius 2 is 1.97 bits per heavy atom. The molecular weight excluding hydrogens is 380 g/mol. The van der Waals surface area contributed by atoms with Crippen LogP contribution in [0, 0.1) is 5.92 Å². The van der Waals surface area contributed by atoms with Gasteiger partial charge in [-0.15, -0.1) is 0 Å². The number of ether oxygens (including phenoxy) is 3. The third-order valence-corrected chi connectivity index (χ3v) is 6.01. The summed E-state index contributed by atoms with van der Waals surface area (Å²) in [6.45, 7) is 6.77. The largest absolute Gasteiger partial charge is 0.492 e. The summed E-state index contributed by atoms with van der Waals surface area (Å²) in [7, 11) is 6.10. The highest BCUT2D eigenvalue weighted by Crippen LogP contribution is 2.16. The monoisotopic (exact) mass is 418 g/mol. The molecule has 3 rings (SSSR count). The van der Waals surface area contributed by atoms with Crippen LogP contribution in [-0.4, -0.2) is 89.1 Å². The summed E-state index contributed by atoms with van der Waals surface area (Å²) in [5, 5.41) is 3.46. The standard InChI is InChI=1S/C23H38N4O3/c1-24-23(27(3)17-20-7-11-29-18-20)25-16-19-5-4-6-22(15-19)30-14-10-26(2)21-8-12-28-13-9-21/h4-6,15,20-21H,7-14,16-18H2,1-3H3,(H,24,25). The first-order chi connectivity index (χ1) is 14.7. The van der Waals surface area contributed by atoms with Crippen molar-refractivity contribution in [2.24, 2.45) is 10.9 Å². The minimum atomic E-state index is 0.588. The second-order valence-corrected chi connectivity index (χ2v) is 8.33. The lowest BCUT2D eigenvalue weighted by atomic mass is 10.1. The molecule has 1 aromatic carbocycles. The van der Waals surface area contributed by atoms with Crippen LogP contribution in [0.2, 0.25) is 0 Å². The van der Waals surface area contributed by atoms with Gasteiger partial charge >= 0.3 is 0 Å². The molecule has 0 bridgehead atoms. The van der Waals surface area contributed by atoms with E-state index >= 15 is 0 Å². The number of likely N-dealkylation sites (N-methyl/N-ethyl adjacent to an activating group) is 1. The zero-order valence-electron chi connectivity index (χ0n) is 18.8. The Labute approximate surface area is 181 Å². The van der Waals surface area contributed by atoms with E-state index in [9.17, 15) is 0 Å². The predicted octanol–water partition coefficient (Wildman–Crippen LogP) is 2.22. The first kappa shape index (κ1) is 22.8. The Kier molecular flexibility index (Phi) is 9.24. The van der Waals surface area contributed by atoms with Crippen LogP contribution >= 0.6 is 0 Å². The highest BCUT2D eigenvalue weighted by Gasteiger charge is 2.19. The summed E-state index contributed by atoms with van der Waals surface area (Å²) in [5.41, 5.74) is 1.18. The Hall–Kier alpha value is -1.83. The van der Waals surface area contributed by atoms with Gasteiger partial charge < -0.3 is 24.4 Å². The van der Waals surface area contributed by atoms with Gasteiger partial charge in [0.05, 0.1) is 6.61 Å². The van der Waals surface area contributed by atoms with Crippen molar-refractivity contribution in [1.29, 1.82) is 0 Å². The predicted molar refractivity (Wildman–Crippen MR) is 120 cm³/mol. The van der Waals surface area contributed by atoms with E-state index in [0.717, 1.165) is 77.0 Å². The van der Waals surface area contributed by atoms with Gasteiger partial charge in [-0.25, -0.2) is 0 Å². The molecule has 7 nitrogen and oxygen atoms in total. The Morgan fingerprint density at radius 3 is 2.70 bits per heavy atom. The van der Waals surface area contributed by atoms with Crippen LogP contribution in [0.5, 0.6) is 5.75 Å². The van der Waals surface area contributed by atoms with Gasteiger partial charge in [0.2, 0.25) is 0 Å². The molecule has 0 spiro atoms. The summed E-state index contributed by atoms with van der Waals surface area (Å²) in [6.07, 6.45) is 3.35. The average Bonchev–Trinajstić information content (AvgIpc) is 3.28. The van der Waals surface area contributed by atoms with Crippen LogP contribution in [0.3, 0.4) is 0 Å². The van der Waals surface area contributed by atoms with Crippen molar-refractivity contribution in [2.75, 3.05) is 67.3 Å². The highest BCUT2D eigenvalue weighted by molar-refractivity contribution is 5.79. The van der Waals surface area contributed by atoms with Crippen LogP contribution in [0.1, 0.15) is 24.8 Å². The van der Waals surface area contributed by atoms with Crippen LogP contribution in [0.15, 0.2) is 29.3 Å². The number of hydrogen-bond acceptors (Lipinski definition) is 5. The maximum atomic E-state index is 6.02. The summed E-state index contributed by atoms with van der Waals surface area (Å²) in [4.78, 5) is 9.00. The zero-order valence-corrected chi connectivity index (χ0v) is 18.8. The Bertz CT molecular complexity index is 658. The van der Waals surface area contributed by atoms with Crippen LogP contribution in [0.25, 0.3) is 0 Å². The Morgan fingerprint density at radius 1 is 1.17 bits per heavy atom. The third-order valence-electron chi connectivity index (χ3n) is 6.01. The third kappa shape index (κ3) is 7.15. The molecule has 1 N–H and O–H groups in total. The van der Waals surface area contributed by atoms with E-state index in [-0.39, 0.29) is 0 Å². The number of benzene rings is 1. The molecule has 0 saturated carbocycles. The number of hydrogen-bond donors (Lipinski definition) is 1. The highest BCUT2D eigenvalue weighted by atomic mass is 16.5. The van der Waals surface area contributed by atoms with Crippen LogP contribution in [-0.2, 0) is 16.0 Å². The number of nitrogens with zero attached hydrogens (tertiary/aromatic N) is 3. The molecule has 0 aromatic heterocycles. The molecule has 7 heteroatoms. The second-order valence-electron chi connectivity index (χ2n) is 8.33. The molecule has 1 atom stereocenters. The molecule has 168 valence electrons. The van der Waals surface area contributed by atoms with Gasteiger partial charge in [-0.1, -0.05) is 12.1 Å². The van der Waals surface area contributed by atoms with E-state index in [1.165, 1.54) is 5.56 Å². The fraction of sp³-hybridized carbons (Fsp3) is 0.696. The molecule has 1 aromatic rings. The van der Waals surface area contributed by atoms with Crippen LogP contribution in [0.4, 0.5) is 0 Å². The summed E-state index contributed by atoms with van der Waals surface area (Å²) >= 11 is 0. The number of nitrogens with one attached hydrogen (secondary N) is 1. The molecule has 2 aliphatic heterocycles. The van der Waals surface area contributed by atoms with E-state index in [0.29, 0.717) is 18.6 Å². The molecular formula is C23H38N4O3. The molecule has 2 fully saturated rings. The molecule has 0 amide bonds. The molecule has 0 radical (unpaired) electrons. The quantitative estimate of drug-likeness (QED) is 0.490. The second kappa shape index (κ2) is 12.1. The Balaban J connectivity index is 1.41. The van der Waals surface area contributed by atoms with Crippen molar-refractivity contribution < 1.29 is 14.2 Å². The van der Waals surface area contributed by atoms with Crippen molar-refractivity contribution >= 4 is 5.96 Å². The van der Waals surface area contributed by atoms with Crippen molar-refractivity contribution in [3.8, 4) is 5.75 Å². The molecule has 1 unspecified atom stereocenters. The minimum Gasteiger partial charge on any atom is -0.492 e. The number of guanidine groups is 1. The van der Waals surface area contributed by atoms with E-state index in [4.69, 9.17) is 14.2 Å². The normalized spacial score (nSPS) is 20.5. The lowest BCUT2D eigenvalue weighted by Crippen LogP contribution is -2.41. The molecule has 0 aliphatic carbocycles. The minimum absolute atomic E-state index is 0.588. The lowest BCUT2D eigenvalue weighted by molar-refractivity contribution is 0.0392. The van der Waals surface area contributed by atoms with Gasteiger partial charge in [0, 0.05) is 65.5 Å².